The smallest absolute Gasteiger partial charge is 0.360 e. The second kappa shape index (κ2) is 9.85. The molecule has 6 nitrogen and oxygen atoms in total. The highest BCUT2D eigenvalue weighted by Crippen LogP contribution is 2.60. The third-order valence-corrected chi connectivity index (χ3v) is 7.97. The number of aromatic nitrogens is 2. The number of ether oxygens (including phenoxy) is 2. The number of hydrogen-bond acceptors (Lipinski definition) is 6. The van der Waals surface area contributed by atoms with Crippen molar-refractivity contribution in [2.24, 2.45) is 11.8 Å². The lowest BCUT2D eigenvalue weighted by atomic mass is 9.64. The van der Waals surface area contributed by atoms with Crippen LogP contribution in [0.3, 0.4) is 0 Å². The van der Waals surface area contributed by atoms with Crippen LogP contribution in [0.1, 0.15) is 59.9 Å². The van der Waals surface area contributed by atoms with Crippen molar-refractivity contribution in [1.29, 1.82) is 0 Å². The number of benzene rings is 2. The Hall–Kier alpha value is -3.93. The molecule has 0 saturated heterocycles. The number of rotatable bonds is 8. The van der Waals surface area contributed by atoms with E-state index in [4.69, 9.17) is 13.9 Å². The molecule has 0 spiro atoms. The number of carbonyl (C=O) groups excluding carboxylic acids is 1. The van der Waals surface area contributed by atoms with Gasteiger partial charge < -0.3 is 13.9 Å². The lowest BCUT2D eigenvalue weighted by molar-refractivity contribution is 0.0519. The summed E-state index contributed by atoms with van der Waals surface area (Å²) in [5.41, 5.74) is 4.61. The first-order valence-corrected chi connectivity index (χ1v) is 13.0. The standard InChI is InChI=1S/C31H30N2O4/c1-2-35-30(34)28-20-37-29(33-28)22-7-10-23(11-8-22)31(18-21-6-9-25(31)17-21)24-12-14-27(15-13-24)36-19-26-5-3-4-16-32-26/h3-5,7-8,10-16,20-21,25H,2,6,9,17-19H2,1H3/t21?,25?,31-/m0/s1. The summed E-state index contributed by atoms with van der Waals surface area (Å²) in [5.74, 6) is 2.20. The minimum atomic E-state index is -0.470. The van der Waals surface area contributed by atoms with Crippen molar-refractivity contribution in [2.75, 3.05) is 6.61 Å². The SMILES string of the molecule is CCOC(=O)c1coc(-c2ccc([C@]3(c4ccc(OCc5ccccn5)cc4)CC4CCC3C4)cc2)n1. The Morgan fingerprint density at radius 3 is 2.46 bits per heavy atom. The van der Waals surface area contributed by atoms with Crippen molar-refractivity contribution in [3.05, 3.63) is 102 Å². The quantitative estimate of drug-likeness (QED) is 0.257. The number of nitrogens with zero attached hydrogens (tertiary/aromatic N) is 2. The number of oxazole rings is 1. The predicted molar refractivity (Wildman–Crippen MR) is 139 cm³/mol. The van der Waals surface area contributed by atoms with Gasteiger partial charge in [0.1, 0.15) is 18.6 Å². The summed E-state index contributed by atoms with van der Waals surface area (Å²) in [5, 5.41) is 0. The zero-order valence-electron chi connectivity index (χ0n) is 20.9. The van der Waals surface area contributed by atoms with E-state index < -0.39 is 5.97 Å². The molecule has 3 atom stereocenters. The van der Waals surface area contributed by atoms with Crippen LogP contribution in [0.2, 0.25) is 0 Å². The molecule has 2 unspecified atom stereocenters. The zero-order valence-corrected chi connectivity index (χ0v) is 20.9. The van der Waals surface area contributed by atoms with Crippen molar-refractivity contribution in [3.63, 3.8) is 0 Å². The van der Waals surface area contributed by atoms with E-state index in [1.807, 2.05) is 30.3 Å². The van der Waals surface area contributed by atoms with Crippen molar-refractivity contribution in [3.8, 4) is 17.2 Å². The molecule has 0 N–H and O–H groups in total. The van der Waals surface area contributed by atoms with Crippen molar-refractivity contribution < 1.29 is 18.7 Å². The Morgan fingerprint density at radius 2 is 1.81 bits per heavy atom. The van der Waals surface area contributed by atoms with Gasteiger partial charge in [-0.15, -0.1) is 0 Å². The third-order valence-electron chi connectivity index (χ3n) is 7.97. The van der Waals surface area contributed by atoms with E-state index in [2.05, 4.69) is 46.4 Å². The molecule has 2 bridgehead atoms. The molecule has 2 aromatic heterocycles. The summed E-state index contributed by atoms with van der Waals surface area (Å²) in [7, 11) is 0. The van der Waals surface area contributed by atoms with E-state index in [1.165, 1.54) is 36.7 Å². The third kappa shape index (κ3) is 4.41. The van der Waals surface area contributed by atoms with Gasteiger partial charge in [0, 0.05) is 17.2 Å². The maximum Gasteiger partial charge on any atom is 0.360 e. The molecule has 2 aliphatic rings. The lowest BCUT2D eigenvalue weighted by Crippen LogP contribution is -2.34. The van der Waals surface area contributed by atoms with Crippen molar-refractivity contribution in [1.82, 2.24) is 9.97 Å². The van der Waals surface area contributed by atoms with Crippen LogP contribution in [0.4, 0.5) is 0 Å². The van der Waals surface area contributed by atoms with Crippen molar-refractivity contribution >= 4 is 5.97 Å². The van der Waals surface area contributed by atoms with Crippen molar-refractivity contribution in [2.45, 2.75) is 44.6 Å². The van der Waals surface area contributed by atoms with Gasteiger partial charge in [0.25, 0.3) is 0 Å². The lowest BCUT2D eigenvalue weighted by Gasteiger charge is -2.39. The van der Waals surface area contributed by atoms with Gasteiger partial charge in [-0.1, -0.05) is 36.8 Å². The monoisotopic (exact) mass is 494 g/mol. The first-order chi connectivity index (χ1) is 18.2. The molecule has 6 heteroatoms. The summed E-state index contributed by atoms with van der Waals surface area (Å²) in [6.45, 7) is 2.53. The fourth-order valence-electron chi connectivity index (χ4n) is 6.31. The van der Waals surface area contributed by atoms with Gasteiger partial charge in [0.05, 0.1) is 12.3 Å². The highest BCUT2D eigenvalue weighted by Gasteiger charge is 2.52. The highest BCUT2D eigenvalue weighted by molar-refractivity contribution is 5.87. The van der Waals surface area contributed by atoms with Crippen LogP contribution in [0.15, 0.2) is 83.6 Å². The molecular weight excluding hydrogens is 464 g/mol. The molecule has 188 valence electrons. The summed E-state index contributed by atoms with van der Waals surface area (Å²) < 4.78 is 16.6. The molecular formula is C31H30N2O4. The van der Waals surface area contributed by atoms with Crippen LogP contribution in [0.5, 0.6) is 5.75 Å². The van der Waals surface area contributed by atoms with E-state index >= 15 is 0 Å². The average molecular weight is 495 g/mol. The largest absolute Gasteiger partial charge is 0.487 e. The first-order valence-electron chi connectivity index (χ1n) is 13.0. The van der Waals surface area contributed by atoms with Crippen LogP contribution in [0.25, 0.3) is 11.5 Å². The maximum atomic E-state index is 12.0. The van der Waals surface area contributed by atoms with E-state index in [0.717, 1.165) is 29.3 Å². The van der Waals surface area contributed by atoms with E-state index in [9.17, 15) is 4.79 Å². The van der Waals surface area contributed by atoms with Gasteiger partial charge in [-0.3, -0.25) is 4.98 Å². The molecule has 2 saturated carbocycles. The molecule has 0 radical (unpaired) electrons. The van der Waals surface area contributed by atoms with Crippen LogP contribution in [-0.2, 0) is 16.8 Å². The molecule has 2 fully saturated rings. The molecule has 0 amide bonds. The molecule has 6 rings (SSSR count). The van der Waals surface area contributed by atoms with E-state index in [-0.39, 0.29) is 11.1 Å². The normalized spacial score (nSPS) is 22.2. The Bertz CT molecular complexity index is 1360. The fraction of sp³-hybridized carbons (Fsp3) is 0.323. The van der Waals surface area contributed by atoms with Crippen LogP contribution < -0.4 is 4.74 Å². The fourth-order valence-corrected chi connectivity index (χ4v) is 6.31. The summed E-state index contributed by atoms with van der Waals surface area (Å²) in [6, 6.07) is 23.0. The second-order valence-corrected chi connectivity index (χ2v) is 10.0. The summed E-state index contributed by atoms with van der Waals surface area (Å²) in [4.78, 5) is 20.6. The number of hydrogen-bond donors (Lipinski definition) is 0. The highest BCUT2D eigenvalue weighted by atomic mass is 16.5. The number of fused-ring (bicyclic) bond motifs is 2. The molecule has 2 aliphatic carbocycles. The minimum Gasteiger partial charge on any atom is -0.487 e. The molecule has 2 heterocycles. The van der Waals surface area contributed by atoms with Gasteiger partial charge >= 0.3 is 5.97 Å². The van der Waals surface area contributed by atoms with Gasteiger partial charge in [0.2, 0.25) is 5.89 Å². The number of carbonyl (C=O) groups is 1. The van der Waals surface area contributed by atoms with E-state index in [1.54, 1.807) is 13.1 Å². The van der Waals surface area contributed by atoms with Gasteiger partial charge in [0.15, 0.2) is 5.69 Å². The van der Waals surface area contributed by atoms with Crippen LogP contribution in [-0.4, -0.2) is 22.5 Å². The second-order valence-electron chi connectivity index (χ2n) is 10.0. The topological polar surface area (TPSA) is 74.5 Å². The van der Waals surface area contributed by atoms with Crippen LogP contribution in [0, 0.1) is 11.8 Å². The predicted octanol–water partition coefficient (Wildman–Crippen LogP) is 6.60. The van der Waals surface area contributed by atoms with Crippen LogP contribution >= 0.6 is 0 Å². The molecule has 2 aromatic carbocycles. The molecule has 0 aliphatic heterocycles. The average Bonchev–Trinajstić information content (AvgIpc) is 3.70. The Morgan fingerprint density at radius 1 is 1.03 bits per heavy atom. The molecule has 4 aromatic rings. The first kappa shape index (κ1) is 23.5. The summed E-state index contributed by atoms with van der Waals surface area (Å²) in [6.07, 6.45) is 8.17. The summed E-state index contributed by atoms with van der Waals surface area (Å²) >= 11 is 0. The van der Waals surface area contributed by atoms with Gasteiger partial charge in [-0.05, 0) is 85.5 Å². The Labute approximate surface area is 216 Å². The molecule has 37 heavy (non-hydrogen) atoms. The van der Waals surface area contributed by atoms with Gasteiger partial charge in [-0.2, -0.15) is 0 Å². The number of pyridine rings is 1. The van der Waals surface area contributed by atoms with E-state index in [0.29, 0.717) is 25.0 Å². The zero-order chi connectivity index (χ0) is 25.2. The minimum absolute atomic E-state index is 0.00630. The van der Waals surface area contributed by atoms with Gasteiger partial charge in [-0.25, -0.2) is 9.78 Å². The Balaban J connectivity index is 1.25. The Kier molecular flexibility index (Phi) is 6.25. The maximum absolute atomic E-state index is 12.0. The number of esters is 1.